The topological polar surface area (TPSA) is 29.5 Å². The molecule has 3 nitrogen and oxygen atoms in total. The molecule has 1 aliphatic rings. The minimum Gasteiger partial charge on any atom is -0.355 e. The number of nitrogens with zero attached hydrogens (tertiary/aromatic N) is 1. The summed E-state index contributed by atoms with van der Waals surface area (Å²) < 4.78 is 39.5. The zero-order chi connectivity index (χ0) is 13.2. The van der Waals surface area contributed by atoms with Gasteiger partial charge in [-0.2, -0.15) is 0 Å². The highest BCUT2D eigenvalue weighted by molar-refractivity contribution is 7.99. The number of anilines is 1. The van der Waals surface area contributed by atoms with Crippen molar-refractivity contribution < 1.29 is 22.7 Å². The number of carbonyl (C=O) groups is 1. The van der Waals surface area contributed by atoms with E-state index in [0.29, 0.717) is 11.4 Å². The molecule has 1 aromatic rings. The third-order valence-electron chi connectivity index (χ3n) is 2.11. The first-order chi connectivity index (χ1) is 8.47. The monoisotopic (exact) mass is 275 g/mol. The van der Waals surface area contributed by atoms with Crippen molar-refractivity contribution in [2.75, 3.05) is 10.7 Å². The normalized spacial score (nSPS) is 14.9. The molecule has 18 heavy (non-hydrogen) atoms. The lowest BCUT2D eigenvalue weighted by atomic mass is 10.3. The highest BCUT2D eigenvalue weighted by Crippen LogP contribution is 2.33. The molecular formula is C11H8F3NO2S. The molecule has 1 amide bonds. The Hall–Kier alpha value is -1.63. The van der Waals surface area contributed by atoms with Gasteiger partial charge in [0.2, 0.25) is 0 Å². The number of hydrogen-bond donors (Lipinski definition) is 0. The minimum absolute atomic E-state index is 0.380. The number of para-hydroxylation sites is 1. The summed E-state index contributed by atoms with van der Waals surface area (Å²) in [6, 6.07) is 6.70. The van der Waals surface area contributed by atoms with Crippen LogP contribution in [0.5, 0.6) is 0 Å². The van der Waals surface area contributed by atoms with Crippen molar-refractivity contribution in [2.45, 2.75) is 11.3 Å². The van der Waals surface area contributed by atoms with Crippen LogP contribution in [0.3, 0.4) is 0 Å². The second-order valence-corrected chi connectivity index (χ2v) is 4.41. The number of carbonyl (C=O) groups excluding carboxylic acids is 1. The molecule has 0 spiro atoms. The van der Waals surface area contributed by atoms with E-state index in [-0.39, 0.29) is 0 Å². The van der Waals surface area contributed by atoms with Crippen molar-refractivity contribution in [3.05, 3.63) is 36.5 Å². The zero-order valence-corrected chi connectivity index (χ0v) is 9.79. The fourth-order valence-corrected chi connectivity index (χ4v) is 2.30. The highest BCUT2D eigenvalue weighted by Gasteiger charge is 2.36. The van der Waals surface area contributed by atoms with Gasteiger partial charge in [-0.05, 0) is 12.1 Å². The van der Waals surface area contributed by atoms with Crippen LogP contribution in [-0.4, -0.2) is 18.2 Å². The number of thioether (sulfide) groups is 1. The summed E-state index contributed by atoms with van der Waals surface area (Å²) in [6.45, 7) is 0. The predicted octanol–water partition coefficient (Wildman–Crippen LogP) is 3.77. The first-order valence-electron chi connectivity index (χ1n) is 4.95. The van der Waals surface area contributed by atoms with Crippen LogP contribution in [-0.2, 0) is 4.74 Å². The molecule has 0 bridgehead atoms. The number of halogens is 3. The van der Waals surface area contributed by atoms with Crippen molar-refractivity contribution in [3.63, 3.8) is 0 Å². The van der Waals surface area contributed by atoms with Crippen LogP contribution in [0.1, 0.15) is 0 Å². The van der Waals surface area contributed by atoms with Gasteiger partial charge in [-0.15, -0.1) is 24.9 Å². The van der Waals surface area contributed by atoms with E-state index in [1.165, 1.54) is 18.0 Å². The lowest BCUT2D eigenvalue weighted by Gasteiger charge is -2.19. The summed E-state index contributed by atoms with van der Waals surface area (Å²) in [7, 11) is 0. The molecule has 96 valence electrons. The second kappa shape index (κ2) is 4.93. The van der Waals surface area contributed by atoms with Crippen LogP contribution in [0.25, 0.3) is 0 Å². The molecule has 0 radical (unpaired) electrons. The van der Waals surface area contributed by atoms with Crippen molar-refractivity contribution in [2.24, 2.45) is 0 Å². The Morgan fingerprint density at radius 2 is 2.06 bits per heavy atom. The van der Waals surface area contributed by atoms with E-state index in [0.717, 1.165) is 9.80 Å². The van der Waals surface area contributed by atoms with Gasteiger partial charge in [0.15, 0.2) is 0 Å². The van der Waals surface area contributed by atoms with Crippen LogP contribution in [0.2, 0.25) is 0 Å². The zero-order valence-electron chi connectivity index (χ0n) is 8.98. The van der Waals surface area contributed by atoms with Gasteiger partial charge in [0, 0.05) is 16.8 Å². The number of ether oxygens (including phenoxy) is 1. The van der Waals surface area contributed by atoms with Gasteiger partial charge in [-0.25, -0.2) is 4.79 Å². The standard InChI is InChI=1S/C11H8F3NO2S/c12-11(13,14)17-10(16)15-6-3-7-18-9-5-2-1-4-8(9)15/h1-6H,7H2. The summed E-state index contributed by atoms with van der Waals surface area (Å²) in [5.74, 6) is 0.576. The van der Waals surface area contributed by atoms with Crippen molar-refractivity contribution in [1.82, 2.24) is 0 Å². The Labute approximate surface area is 105 Å². The maximum Gasteiger partial charge on any atom is 0.576 e. The van der Waals surface area contributed by atoms with Crippen molar-refractivity contribution >= 4 is 23.5 Å². The van der Waals surface area contributed by atoms with Gasteiger partial charge in [-0.1, -0.05) is 18.2 Å². The Morgan fingerprint density at radius 3 is 2.78 bits per heavy atom. The van der Waals surface area contributed by atoms with Gasteiger partial charge in [0.05, 0.1) is 5.69 Å². The van der Waals surface area contributed by atoms with E-state index in [1.807, 2.05) is 0 Å². The molecule has 0 N–H and O–H groups in total. The van der Waals surface area contributed by atoms with Crippen molar-refractivity contribution in [1.29, 1.82) is 0 Å². The third kappa shape index (κ3) is 2.98. The van der Waals surface area contributed by atoms with Crippen LogP contribution in [0, 0.1) is 0 Å². The molecule has 0 aliphatic carbocycles. The minimum atomic E-state index is -4.99. The predicted molar refractivity (Wildman–Crippen MR) is 61.3 cm³/mol. The molecule has 0 saturated carbocycles. The summed E-state index contributed by atoms with van der Waals surface area (Å²) in [5, 5.41) is 0. The van der Waals surface area contributed by atoms with Crippen molar-refractivity contribution in [3.8, 4) is 0 Å². The first-order valence-corrected chi connectivity index (χ1v) is 5.93. The molecule has 1 heterocycles. The quantitative estimate of drug-likeness (QED) is 0.722. The van der Waals surface area contributed by atoms with E-state index in [9.17, 15) is 18.0 Å². The average Bonchev–Trinajstić information content (AvgIpc) is 2.48. The molecule has 2 rings (SSSR count). The number of amides is 1. The van der Waals surface area contributed by atoms with Gasteiger partial charge in [-0.3, -0.25) is 4.90 Å². The molecule has 0 atom stereocenters. The van der Waals surface area contributed by atoms with E-state index in [1.54, 1.807) is 30.3 Å². The summed E-state index contributed by atoms with van der Waals surface area (Å²) >= 11 is 1.43. The summed E-state index contributed by atoms with van der Waals surface area (Å²) in [4.78, 5) is 13.0. The smallest absolute Gasteiger partial charge is 0.355 e. The lowest BCUT2D eigenvalue weighted by Crippen LogP contribution is -2.31. The van der Waals surface area contributed by atoms with E-state index in [2.05, 4.69) is 4.74 Å². The van der Waals surface area contributed by atoms with Crippen LogP contribution in [0.4, 0.5) is 23.7 Å². The molecule has 1 aromatic carbocycles. The molecule has 0 fully saturated rings. The van der Waals surface area contributed by atoms with Crippen LogP contribution in [0.15, 0.2) is 41.4 Å². The molecule has 0 aromatic heterocycles. The number of alkyl halides is 3. The van der Waals surface area contributed by atoms with Crippen LogP contribution >= 0.6 is 11.8 Å². The lowest BCUT2D eigenvalue weighted by molar-refractivity contribution is -0.289. The van der Waals surface area contributed by atoms with Crippen LogP contribution < -0.4 is 4.90 Å². The van der Waals surface area contributed by atoms with Gasteiger partial charge in [0.25, 0.3) is 0 Å². The number of fused-ring (bicyclic) bond motifs is 1. The van der Waals surface area contributed by atoms with Gasteiger partial charge in [0.1, 0.15) is 0 Å². The molecule has 0 unspecified atom stereocenters. The number of rotatable bonds is 0. The Bertz CT molecular complexity index is 487. The third-order valence-corrected chi connectivity index (χ3v) is 3.13. The van der Waals surface area contributed by atoms with E-state index < -0.39 is 12.5 Å². The number of benzene rings is 1. The Balaban J connectivity index is 2.30. The highest BCUT2D eigenvalue weighted by atomic mass is 32.2. The molecule has 0 saturated heterocycles. The summed E-state index contributed by atoms with van der Waals surface area (Å²) in [6.07, 6.45) is -3.57. The maximum absolute atomic E-state index is 12.0. The van der Waals surface area contributed by atoms with E-state index in [4.69, 9.17) is 0 Å². The Kier molecular flexibility index (Phi) is 3.51. The van der Waals surface area contributed by atoms with Gasteiger partial charge < -0.3 is 4.74 Å². The van der Waals surface area contributed by atoms with Gasteiger partial charge >= 0.3 is 12.5 Å². The average molecular weight is 275 g/mol. The Morgan fingerprint density at radius 1 is 1.33 bits per heavy atom. The fourth-order valence-electron chi connectivity index (χ4n) is 1.45. The molecule has 1 aliphatic heterocycles. The van der Waals surface area contributed by atoms with E-state index >= 15 is 0 Å². The first kappa shape index (κ1) is 12.8. The molecule has 7 heteroatoms. The second-order valence-electron chi connectivity index (χ2n) is 3.35. The molecular weight excluding hydrogens is 267 g/mol. The summed E-state index contributed by atoms with van der Waals surface area (Å²) in [5.41, 5.74) is 0.380. The fraction of sp³-hybridized carbons (Fsp3) is 0.182. The SMILES string of the molecule is O=C(OC(F)(F)F)N1C=CCSc2ccccc21. The maximum atomic E-state index is 12.0. The largest absolute Gasteiger partial charge is 0.576 e. The number of hydrogen-bond acceptors (Lipinski definition) is 3.